The number of benzene rings is 2. The first-order chi connectivity index (χ1) is 13.1. The molecule has 5 nitrogen and oxygen atoms in total. The second kappa shape index (κ2) is 6.89. The fraction of sp³-hybridized carbons (Fsp3) is 0.143. The second-order valence-corrected chi connectivity index (χ2v) is 7.24. The van der Waals surface area contributed by atoms with Gasteiger partial charge in [-0.05, 0) is 42.8 Å². The van der Waals surface area contributed by atoms with Gasteiger partial charge in [0.2, 0.25) is 0 Å². The van der Waals surface area contributed by atoms with Crippen LogP contribution in [0.25, 0.3) is 21.1 Å². The average Bonchev–Trinajstić information content (AvgIpc) is 3.09. The van der Waals surface area contributed by atoms with Crippen molar-refractivity contribution in [3.63, 3.8) is 0 Å². The molecule has 0 atom stereocenters. The Morgan fingerprint density at radius 2 is 1.78 bits per heavy atom. The molecule has 0 fully saturated rings. The van der Waals surface area contributed by atoms with Crippen LogP contribution in [-0.4, -0.2) is 25.1 Å². The Hall–Kier alpha value is -3.12. The molecule has 6 heteroatoms. The maximum absolute atomic E-state index is 12.7. The number of ether oxygens (including phenoxy) is 2. The number of carbonyl (C=O) groups is 1. The van der Waals surface area contributed by atoms with Crippen LogP contribution in [0.1, 0.15) is 15.2 Å². The summed E-state index contributed by atoms with van der Waals surface area (Å²) in [6.07, 6.45) is 0. The fourth-order valence-corrected chi connectivity index (χ4v) is 3.87. The van der Waals surface area contributed by atoms with Crippen molar-refractivity contribution < 1.29 is 14.3 Å². The highest BCUT2D eigenvalue weighted by molar-refractivity contribution is 7.20. The van der Waals surface area contributed by atoms with E-state index in [0.29, 0.717) is 22.1 Å². The largest absolute Gasteiger partial charge is 0.493 e. The highest BCUT2D eigenvalue weighted by Crippen LogP contribution is 2.31. The molecule has 2 heterocycles. The second-order valence-electron chi connectivity index (χ2n) is 6.21. The Labute approximate surface area is 160 Å². The number of nitrogens with zero attached hydrogens (tertiary/aromatic N) is 1. The summed E-state index contributed by atoms with van der Waals surface area (Å²) in [5, 5.41) is 4.94. The lowest BCUT2D eigenvalue weighted by molar-refractivity contribution is 0.103. The quantitative estimate of drug-likeness (QED) is 0.541. The molecule has 4 aromatic rings. The van der Waals surface area contributed by atoms with Gasteiger partial charge in [0.15, 0.2) is 11.5 Å². The molecule has 2 aromatic heterocycles. The van der Waals surface area contributed by atoms with E-state index < -0.39 is 0 Å². The van der Waals surface area contributed by atoms with Crippen molar-refractivity contribution in [3.05, 3.63) is 59.0 Å². The number of aryl methyl sites for hydroxylation is 1. The number of amides is 1. The molecule has 0 aliphatic rings. The molecule has 0 radical (unpaired) electrons. The van der Waals surface area contributed by atoms with Crippen LogP contribution in [0.3, 0.4) is 0 Å². The zero-order valence-electron chi connectivity index (χ0n) is 15.2. The molecule has 136 valence electrons. The molecule has 0 saturated carbocycles. The minimum atomic E-state index is -0.176. The Morgan fingerprint density at radius 3 is 2.56 bits per heavy atom. The number of anilines is 1. The van der Waals surface area contributed by atoms with Crippen LogP contribution in [0.5, 0.6) is 11.5 Å². The molecule has 0 aliphatic heterocycles. The van der Waals surface area contributed by atoms with Gasteiger partial charge in [-0.15, -0.1) is 11.3 Å². The van der Waals surface area contributed by atoms with E-state index in [1.807, 2.05) is 13.0 Å². The molecule has 4 rings (SSSR count). The normalized spacial score (nSPS) is 10.9. The monoisotopic (exact) mass is 378 g/mol. The third-order valence-electron chi connectivity index (χ3n) is 4.32. The first-order valence-corrected chi connectivity index (χ1v) is 9.23. The highest BCUT2D eigenvalue weighted by atomic mass is 32.1. The van der Waals surface area contributed by atoms with E-state index in [1.54, 1.807) is 32.4 Å². The number of fused-ring (bicyclic) bond motifs is 2. The molecule has 0 bridgehead atoms. The summed E-state index contributed by atoms with van der Waals surface area (Å²) in [4.78, 5) is 18.8. The van der Waals surface area contributed by atoms with Crippen molar-refractivity contribution in [3.8, 4) is 11.5 Å². The van der Waals surface area contributed by atoms with Crippen LogP contribution < -0.4 is 14.8 Å². The van der Waals surface area contributed by atoms with Gasteiger partial charge in [0.1, 0.15) is 4.83 Å². The van der Waals surface area contributed by atoms with Crippen LogP contribution >= 0.6 is 11.3 Å². The topological polar surface area (TPSA) is 60.5 Å². The van der Waals surface area contributed by atoms with Crippen molar-refractivity contribution in [1.82, 2.24) is 4.98 Å². The number of rotatable bonds is 4. The zero-order valence-corrected chi connectivity index (χ0v) is 16.0. The van der Waals surface area contributed by atoms with E-state index >= 15 is 0 Å². The Bertz CT molecular complexity index is 1170. The minimum Gasteiger partial charge on any atom is -0.493 e. The van der Waals surface area contributed by atoms with Gasteiger partial charge < -0.3 is 14.8 Å². The molecule has 0 unspecified atom stereocenters. The first kappa shape index (κ1) is 17.3. The van der Waals surface area contributed by atoms with Crippen LogP contribution in [0.2, 0.25) is 0 Å². The summed E-state index contributed by atoms with van der Waals surface area (Å²) in [7, 11) is 3.14. The molecule has 2 aromatic carbocycles. The van der Waals surface area contributed by atoms with Gasteiger partial charge in [-0.1, -0.05) is 12.1 Å². The SMILES string of the molecule is COc1ccc(NC(=O)c2cc3cc4ccc(C)cc4nc3s2)cc1OC. The summed E-state index contributed by atoms with van der Waals surface area (Å²) < 4.78 is 10.5. The lowest BCUT2D eigenvalue weighted by Gasteiger charge is -2.10. The van der Waals surface area contributed by atoms with Crippen molar-refractivity contribution >= 4 is 44.1 Å². The van der Waals surface area contributed by atoms with E-state index in [-0.39, 0.29) is 5.91 Å². The molecule has 0 spiro atoms. The minimum absolute atomic E-state index is 0.176. The van der Waals surface area contributed by atoms with Crippen LogP contribution in [-0.2, 0) is 0 Å². The van der Waals surface area contributed by atoms with Gasteiger partial charge in [-0.25, -0.2) is 4.98 Å². The van der Waals surface area contributed by atoms with E-state index in [4.69, 9.17) is 14.5 Å². The number of nitrogens with one attached hydrogen (secondary N) is 1. The van der Waals surface area contributed by atoms with Crippen LogP contribution in [0, 0.1) is 6.92 Å². The van der Waals surface area contributed by atoms with Crippen molar-refractivity contribution in [2.24, 2.45) is 0 Å². The average molecular weight is 378 g/mol. The molecule has 1 N–H and O–H groups in total. The van der Waals surface area contributed by atoms with E-state index in [9.17, 15) is 4.79 Å². The fourth-order valence-electron chi connectivity index (χ4n) is 2.95. The maximum atomic E-state index is 12.7. The number of aromatic nitrogens is 1. The Kier molecular flexibility index (Phi) is 4.41. The third-order valence-corrected chi connectivity index (χ3v) is 5.37. The van der Waals surface area contributed by atoms with E-state index in [1.165, 1.54) is 11.3 Å². The summed E-state index contributed by atoms with van der Waals surface area (Å²) in [6, 6.07) is 15.4. The lowest BCUT2D eigenvalue weighted by Crippen LogP contribution is -2.10. The lowest BCUT2D eigenvalue weighted by atomic mass is 10.1. The Balaban J connectivity index is 1.65. The molecule has 1 amide bonds. The molecule has 27 heavy (non-hydrogen) atoms. The predicted molar refractivity (Wildman–Crippen MR) is 109 cm³/mol. The van der Waals surface area contributed by atoms with Crippen LogP contribution in [0.4, 0.5) is 5.69 Å². The molecular formula is C21H18N2O3S. The van der Waals surface area contributed by atoms with Crippen molar-refractivity contribution in [2.45, 2.75) is 6.92 Å². The molecule has 0 aliphatic carbocycles. The summed E-state index contributed by atoms with van der Waals surface area (Å²) in [6.45, 7) is 2.04. The number of methoxy groups -OCH3 is 2. The van der Waals surface area contributed by atoms with Crippen LogP contribution in [0.15, 0.2) is 48.5 Å². The standard InChI is InChI=1S/C21H18N2O3S/c1-12-4-5-13-9-14-10-19(27-21(14)23-16(13)8-12)20(24)22-15-6-7-17(25-2)18(11-15)26-3/h4-11H,1-3H3,(H,22,24). The van der Waals surface area contributed by atoms with Gasteiger partial charge in [-0.2, -0.15) is 0 Å². The third kappa shape index (κ3) is 3.31. The van der Waals surface area contributed by atoms with E-state index in [0.717, 1.165) is 26.7 Å². The molecular weight excluding hydrogens is 360 g/mol. The Morgan fingerprint density at radius 1 is 0.963 bits per heavy atom. The summed E-state index contributed by atoms with van der Waals surface area (Å²) >= 11 is 1.38. The number of hydrogen-bond acceptors (Lipinski definition) is 5. The highest BCUT2D eigenvalue weighted by Gasteiger charge is 2.13. The van der Waals surface area contributed by atoms with Gasteiger partial charge in [0, 0.05) is 22.5 Å². The molecule has 0 saturated heterocycles. The summed E-state index contributed by atoms with van der Waals surface area (Å²) in [5.41, 5.74) is 2.75. The van der Waals surface area contributed by atoms with Gasteiger partial charge in [-0.3, -0.25) is 4.79 Å². The first-order valence-electron chi connectivity index (χ1n) is 8.42. The number of thiophene rings is 1. The predicted octanol–water partition coefficient (Wildman–Crippen LogP) is 5.03. The number of carbonyl (C=O) groups excluding carboxylic acids is 1. The number of hydrogen-bond donors (Lipinski definition) is 1. The maximum Gasteiger partial charge on any atom is 0.265 e. The van der Waals surface area contributed by atoms with Gasteiger partial charge >= 0.3 is 0 Å². The van der Waals surface area contributed by atoms with Crippen molar-refractivity contribution in [1.29, 1.82) is 0 Å². The zero-order chi connectivity index (χ0) is 19.0. The number of pyridine rings is 1. The van der Waals surface area contributed by atoms with Gasteiger partial charge in [0.05, 0.1) is 24.6 Å². The smallest absolute Gasteiger partial charge is 0.265 e. The van der Waals surface area contributed by atoms with Crippen molar-refractivity contribution in [2.75, 3.05) is 19.5 Å². The van der Waals surface area contributed by atoms with E-state index in [2.05, 4.69) is 29.6 Å². The van der Waals surface area contributed by atoms with Gasteiger partial charge in [0.25, 0.3) is 5.91 Å². The summed E-state index contributed by atoms with van der Waals surface area (Å²) in [5.74, 6) is 1.00.